The third-order valence-electron chi connectivity index (χ3n) is 4.74. The topological polar surface area (TPSA) is 110 Å². The average molecular weight is 376 g/mol. The van der Waals surface area contributed by atoms with Crippen LogP contribution in [0.15, 0.2) is 0 Å². The molecule has 0 saturated carbocycles. The van der Waals surface area contributed by atoms with Gasteiger partial charge < -0.3 is 25.7 Å². The van der Waals surface area contributed by atoms with Gasteiger partial charge in [0.15, 0.2) is 5.78 Å². The quantitative estimate of drug-likeness (QED) is 0.221. The SMILES string of the molecule is CCCCCCCCCCCCCCNCC(=O)[C@@H](O)[C@@H](O)[C@H](O)CO. The summed E-state index contributed by atoms with van der Waals surface area (Å²) in [6.07, 6.45) is 10.5. The number of Topliss-reactive ketones (excluding diaryl/α,β-unsaturated/α-hetero) is 1. The molecule has 0 fully saturated rings. The molecule has 0 aliphatic heterocycles. The summed E-state index contributed by atoms with van der Waals surface area (Å²) < 4.78 is 0. The van der Waals surface area contributed by atoms with Crippen LogP contribution in [0.3, 0.4) is 0 Å². The van der Waals surface area contributed by atoms with Gasteiger partial charge in [-0.3, -0.25) is 4.79 Å². The third kappa shape index (κ3) is 13.6. The molecule has 0 unspecified atom stereocenters. The second-order valence-electron chi connectivity index (χ2n) is 7.22. The molecule has 0 aromatic rings. The highest BCUT2D eigenvalue weighted by Gasteiger charge is 2.29. The van der Waals surface area contributed by atoms with Crippen LogP contribution >= 0.6 is 0 Å². The molecule has 156 valence electrons. The van der Waals surface area contributed by atoms with Crippen LogP contribution in [0.25, 0.3) is 0 Å². The van der Waals surface area contributed by atoms with Crippen molar-refractivity contribution in [3.05, 3.63) is 0 Å². The summed E-state index contributed by atoms with van der Waals surface area (Å²) in [4.78, 5) is 11.7. The average Bonchev–Trinajstić information content (AvgIpc) is 2.66. The molecule has 0 bridgehead atoms. The zero-order valence-electron chi connectivity index (χ0n) is 16.5. The summed E-state index contributed by atoms with van der Waals surface area (Å²) in [6, 6.07) is 0. The number of hydrogen-bond donors (Lipinski definition) is 5. The van der Waals surface area contributed by atoms with Crippen molar-refractivity contribution in [1.29, 1.82) is 0 Å². The lowest BCUT2D eigenvalue weighted by molar-refractivity contribution is -0.139. The number of unbranched alkanes of at least 4 members (excludes halogenated alkanes) is 11. The van der Waals surface area contributed by atoms with E-state index in [1.165, 1.54) is 64.2 Å². The number of nitrogens with one attached hydrogen (secondary N) is 1. The van der Waals surface area contributed by atoms with E-state index in [0.717, 1.165) is 12.8 Å². The van der Waals surface area contributed by atoms with E-state index in [4.69, 9.17) is 5.11 Å². The van der Waals surface area contributed by atoms with E-state index >= 15 is 0 Å². The van der Waals surface area contributed by atoms with Gasteiger partial charge in [-0.1, -0.05) is 77.6 Å². The number of aliphatic hydroxyl groups excluding tert-OH is 4. The van der Waals surface area contributed by atoms with Gasteiger partial charge in [-0.25, -0.2) is 0 Å². The minimum atomic E-state index is -1.67. The van der Waals surface area contributed by atoms with Crippen LogP contribution in [0.4, 0.5) is 0 Å². The van der Waals surface area contributed by atoms with Crippen molar-refractivity contribution in [3.63, 3.8) is 0 Å². The van der Waals surface area contributed by atoms with Crippen LogP contribution in [0, 0.1) is 0 Å². The Bertz CT molecular complexity index is 327. The molecule has 6 nitrogen and oxygen atoms in total. The van der Waals surface area contributed by atoms with E-state index < -0.39 is 30.7 Å². The lowest BCUT2D eigenvalue weighted by Crippen LogP contribution is -2.46. The van der Waals surface area contributed by atoms with Crippen LogP contribution in [0.1, 0.15) is 84.0 Å². The zero-order valence-corrected chi connectivity index (χ0v) is 16.5. The fraction of sp³-hybridized carbons (Fsp3) is 0.950. The van der Waals surface area contributed by atoms with Gasteiger partial charge in [0.2, 0.25) is 0 Å². The minimum Gasteiger partial charge on any atom is -0.394 e. The molecular formula is C20H41NO5. The predicted octanol–water partition coefficient (Wildman–Crippen LogP) is 1.92. The van der Waals surface area contributed by atoms with Crippen LogP contribution in [0.2, 0.25) is 0 Å². The maximum atomic E-state index is 11.7. The largest absolute Gasteiger partial charge is 0.394 e. The van der Waals surface area contributed by atoms with Crippen molar-refractivity contribution in [2.45, 2.75) is 102 Å². The van der Waals surface area contributed by atoms with Crippen LogP contribution in [0.5, 0.6) is 0 Å². The fourth-order valence-electron chi connectivity index (χ4n) is 2.92. The van der Waals surface area contributed by atoms with Gasteiger partial charge in [-0.05, 0) is 13.0 Å². The Balaban J connectivity index is 3.39. The predicted molar refractivity (Wildman–Crippen MR) is 104 cm³/mol. The number of ketones is 1. The molecule has 0 rings (SSSR count). The standard InChI is InChI=1S/C20H41NO5/c1-2-3-4-5-6-7-8-9-10-11-12-13-14-21-15-17(23)19(25)20(26)18(24)16-22/h18-22,24-26H,2-16H2,1H3/t18-,19-,20+/m1/s1. The summed E-state index contributed by atoms with van der Waals surface area (Å²) >= 11 is 0. The van der Waals surface area contributed by atoms with E-state index in [9.17, 15) is 20.1 Å². The van der Waals surface area contributed by atoms with E-state index in [-0.39, 0.29) is 6.54 Å². The van der Waals surface area contributed by atoms with Gasteiger partial charge >= 0.3 is 0 Å². The molecule has 0 aromatic carbocycles. The van der Waals surface area contributed by atoms with E-state index in [1.54, 1.807) is 0 Å². The minimum absolute atomic E-state index is 0.0472. The van der Waals surface area contributed by atoms with Crippen molar-refractivity contribution in [1.82, 2.24) is 5.32 Å². The van der Waals surface area contributed by atoms with Crippen LogP contribution in [-0.2, 0) is 4.79 Å². The number of rotatable bonds is 19. The van der Waals surface area contributed by atoms with Crippen molar-refractivity contribution in [2.24, 2.45) is 0 Å². The van der Waals surface area contributed by atoms with E-state index in [0.29, 0.717) is 6.54 Å². The van der Waals surface area contributed by atoms with Crippen molar-refractivity contribution in [3.8, 4) is 0 Å². The monoisotopic (exact) mass is 375 g/mol. The maximum absolute atomic E-state index is 11.7. The van der Waals surface area contributed by atoms with Gasteiger partial charge in [0.25, 0.3) is 0 Å². The van der Waals surface area contributed by atoms with Crippen LogP contribution < -0.4 is 5.32 Å². The summed E-state index contributed by atoms with van der Waals surface area (Å²) in [5.74, 6) is -0.580. The van der Waals surface area contributed by atoms with Gasteiger partial charge in [-0.15, -0.1) is 0 Å². The maximum Gasteiger partial charge on any atom is 0.177 e. The molecule has 0 aromatic heterocycles. The van der Waals surface area contributed by atoms with E-state index in [2.05, 4.69) is 12.2 Å². The smallest absolute Gasteiger partial charge is 0.177 e. The molecule has 0 radical (unpaired) electrons. The number of hydrogen-bond acceptors (Lipinski definition) is 6. The Morgan fingerprint density at radius 3 is 1.73 bits per heavy atom. The molecule has 3 atom stereocenters. The Kier molecular flexibility index (Phi) is 17.5. The highest BCUT2D eigenvalue weighted by Crippen LogP contribution is 2.11. The van der Waals surface area contributed by atoms with Gasteiger partial charge in [0, 0.05) is 0 Å². The van der Waals surface area contributed by atoms with Crippen molar-refractivity contribution < 1.29 is 25.2 Å². The van der Waals surface area contributed by atoms with Gasteiger partial charge in [0.05, 0.1) is 13.2 Å². The number of carbonyl (C=O) groups is 1. The fourth-order valence-corrected chi connectivity index (χ4v) is 2.92. The molecule has 0 amide bonds. The van der Waals surface area contributed by atoms with Gasteiger partial charge in [-0.2, -0.15) is 0 Å². The summed E-state index contributed by atoms with van der Waals surface area (Å²) in [5.41, 5.74) is 0. The summed E-state index contributed by atoms with van der Waals surface area (Å²) in [7, 11) is 0. The Morgan fingerprint density at radius 2 is 1.27 bits per heavy atom. The first-order chi connectivity index (χ1) is 12.5. The second kappa shape index (κ2) is 17.9. The van der Waals surface area contributed by atoms with Crippen molar-refractivity contribution in [2.75, 3.05) is 19.7 Å². The first-order valence-corrected chi connectivity index (χ1v) is 10.4. The molecular weight excluding hydrogens is 334 g/mol. The molecule has 0 aliphatic carbocycles. The molecule has 6 heteroatoms. The first-order valence-electron chi connectivity index (χ1n) is 10.4. The molecule has 0 spiro atoms. The van der Waals surface area contributed by atoms with E-state index in [1.807, 2.05) is 0 Å². The summed E-state index contributed by atoms with van der Waals surface area (Å²) in [6.45, 7) is 2.19. The lowest BCUT2D eigenvalue weighted by atomic mass is 10.0. The lowest BCUT2D eigenvalue weighted by Gasteiger charge is -2.20. The van der Waals surface area contributed by atoms with Crippen molar-refractivity contribution >= 4 is 5.78 Å². The number of carbonyl (C=O) groups excluding carboxylic acids is 1. The second-order valence-corrected chi connectivity index (χ2v) is 7.22. The Morgan fingerprint density at radius 1 is 0.808 bits per heavy atom. The summed E-state index contributed by atoms with van der Waals surface area (Å²) in [5, 5.41) is 39.9. The Labute approximate surface area is 159 Å². The number of aliphatic hydroxyl groups is 4. The third-order valence-corrected chi connectivity index (χ3v) is 4.74. The highest BCUT2D eigenvalue weighted by molar-refractivity contribution is 5.85. The molecule has 26 heavy (non-hydrogen) atoms. The molecule has 0 saturated heterocycles. The Hall–Kier alpha value is -0.530. The molecule has 0 heterocycles. The highest BCUT2D eigenvalue weighted by atomic mass is 16.4. The zero-order chi connectivity index (χ0) is 19.6. The normalized spacial score (nSPS) is 15.0. The van der Waals surface area contributed by atoms with Gasteiger partial charge in [0.1, 0.15) is 18.3 Å². The van der Waals surface area contributed by atoms with Crippen LogP contribution in [-0.4, -0.2) is 64.2 Å². The molecule has 0 aliphatic rings. The first kappa shape index (κ1) is 25.5. The molecule has 5 N–H and O–H groups in total.